The van der Waals surface area contributed by atoms with Crippen LogP contribution >= 0.6 is 24.0 Å². The molecule has 2 aromatic rings. The molecule has 1 aromatic carbocycles. The summed E-state index contributed by atoms with van der Waals surface area (Å²) in [4.78, 5) is 1.25. The van der Waals surface area contributed by atoms with Crippen molar-refractivity contribution in [3.63, 3.8) is 0 Å². The van der Waals surface area contributed by atoms with E-state index >= 15 is 0 Å². The molecule has 0 saturated carbocycles. The van der Waals surface area contributed by atoms with Crippen molar-refractivity contribution in [1.82, 2.24) is 14.8 Å². The smallest absolute Gasteiger partial charge is 0.195 e. The highest BCUT2D eigenvalue weighted by Crippen LogP contribution is 2.21. The molecule has 1 heterocycles. The Kier molecular flexibility index (Phi) is 4.39. The lowest BCUT2D eigenvalue weighted by Gasteiger charge is -2.04. The number of benzene rings is 1. The highest BCUT2D eigenvalue weighted by Gasteiger charge is 2.05. The van der Waals surface area contributed by atoms with Crippen molar-refractivity contribution in [2.75, 3.05) is 0 Å². The van der Waals surface area contributed by atoms with Crippen molar-refractivity contribution < 1.29 is 0 Å². The molecule has 0 bridgehead atoms. The first-order valence-corrected chi connectivity index (χ1v) is 7.02. The zero-order valence-electron chi connectivity index (χ0n) is 9.72. The van der Waals surface area contributed by atoms with Crippen molar-refractivity contribution in [3.05, 3.63) is 40.9 Å². The van der Waals surface area contributed by atoms with E-state index in [2.05, 4.69) is 33.8 Å². The third-order valence-electron chi connectivity index (χ3n) is 2.40. The number of hydrogen-bond acceptors (Lipinski definition) is 3. The van der Waals surface area contributed by atoms with E-state index in [0.717, 1.165) is 29.3 Å². The molecule has 0 aliphatic rings. The predicted molar refractivity (Wildman–Crippen MR) is 73.7 cm³/mol. The summed E-state index contributed by atoms with van der Waals surface area (Å²) in [6.07, 6.45) is 1.07. The van der Waals surface area contributed by atoms with Gasteiger partial charge in [-0.2, -0.15) is 5.10 Å². The van der Waals surface area contributed by atoms with Gasteiger partial charge in [0.2, 0.25) is 0 Å². The van der Waals surface area contributed by atoms with Gasteiger partial charge in [-0.1, -0.05) is 25.1 Å². The Morgan fingerprint density at radius 2 is 2.12 bits per heavy atom. The van der Waals surface area contributed by atoms with Gasteiger partial charge in [-0.15, -0.1) is 11.8 Å². The Hall–Kier alpha value is -1.07. The van der Waals surface area contributed by atoms with Crippen LogP contribution < -0.4 is 0 Å². The third-order valence-corrected chi connectivity index (χ3v) is 3.72. The second-order valence-electron chi connectivity index (χ2n) is 3.70. The number of thioether (sulfide) groups is 1. The van der Waals surface area contributed by atoms with E-state index in [1.807, 2.05) is 18.2 Å². The van der Waals surface area contributed by atoms with Gasteiger partial charge < -0.3 is 4.57 Å². The van der Waals surface area contributed by atoms with Gasteiger partial charge in [0.1, 0.15) is 5.82 Å². The van der Waals surface area contributed by atoms with E-state index in [-0.39, 0.29) is 0 Å². The van der Waals surface area contributed by atoms with Crippen LogP contribution in [0.2, 0.25) is 0 Å². The summed E-state index contributed by atoms with van der Waals surface area (Å²) in [6, 6.07) is 10.3. The van der Waals surface area contributed by atoms with Crippen LogP contribution in [0.5, 0.6) is 0 Å². The van der Waals surface area contributed by atoms with Crippen molar-refractivity contribution in [1.29, 1.82) is 0 Å². The summed E-state index contributed by atoms with van der Waals surface area (Å²) in [6.45, 7) is 3.07. The zero-order valence-corrected chi connectivity index (χ0v) is 11.4. The Morgan fingerprint density at radius 3 is 2.82 bits per heavy atom. The monoisotopic (exact) mass is 265 g/mol. The highest BCUT2D eigenvalue weighted by atomic mass is 32.2. The van der Waals surface area contributed by atoms with Gasteiger partial charge in [0.15, 0.2) is 4.77 Å². The molecular formula is C12H15N3S2. The summed E-state index contributed by atoms with van der Waals surface area (Å²) in [5.41, 5.74) is 0. The summed E-state index contributed by atoms with van der Waals surface area (Å²) >= 11 is 6.98. The Bertz CT molecular complexity index is 516. The van der Waals surface area contributed by atoms with Crippen LogP contribution in [0, 0.1) is 4.77 Å². The van der Waals surface area contributed by atoms with Crippen molar-refractivity contribution >= 4 is 24.0 Å². The molecule has 17 heavy (non-hydrogen) atoms. The molecule has 0 amide bonds. The topological polar surface area (TPSA) is 33.6 Å². The normalized spacial score (nSPS) is 10.6. The standard InChI is InChI=1S/C12H15N3S2/c1-2-8-15-11(13-14-12(15)16)9-17-10-6-4-3-5-7-10/h3-7H,2,8-9H2,1H3,(H,14,16). The molecule has 1 N–H and O–H groups in total. The van der Waals surface area contributed by atoms with Crippen LogP contribution in [0.25, 0.3) is 0 Å². The molecule has 0 fully saturated rings. The molecule has 5 heteroatoms. The van der Waals surface area contributed by atoms with E-state index < -0.39 is 0 Å². The first-order valence-electron chi connectivity index (χ1n) is 5.63. The van der Waals surface area contributed by atoms with Crippen LogP contribution in [0.1, 0.15) is 19.2 Å². The summed E-state index contributed by atoms with van der Waals surface area (Å²) < 4.78 is 2.79. The van der Waals surface area contributed by atoms with Gasteiger partial charge in [0, 0.05) is 11.4 Å². The van der Waals surface area contributed by atoms with Gasteiger partial charge in [0.05, 0.1) is 5.75 Å². The molecule has 1 aromatic heterocycles. The van der Waals surface area contributed by atoms with E-state index in [1.165, 1.54) is 4.90 Å². The largest absolute Gasteiger partial charge is 0.303 e. The zero-order chi connectivity index (χ0) is 12.1. The maximum atomic E-state index is 5.20. The molecule has 0 aliphatic heterocycles. The fourth-order valence-electron chi connectivity index (χ4n) is 1.58. The molecule has 90 valence electrons. The van der Waals surface area contributed by atoms with Crippen LogP contribution in [-0.4, -0.2) is 14.8 Å². The first kappa shape index (κ1) is 12.4. The minimum Gasteiger partial charge on any atom is -0.303 e. The van der Waals surface area contributed by atoms with E-state index in [0.29, 0.717) is 0 Å². The summed E-state index contributed by atoms with van der Waals surface area (Å²) in [5.74, 6) is 1.86. The van der Waals surface area contributed by atoms with Gasteiger partial charge in [-0.3, -0.25) is 5.10 Å². The lowest BCUT2D eigenvalue weighted by Crippen LogP contribution is -2.02. The number of nitrogens with one attached hydrogen (secondary N) is 1. The predicted octanol–water partition coefficient (Wildman–Crippen LogP) is 3.64. The Morgan fingerprint density at radius 1 is 1.35 bits per heavy atom. The van der Waals surface area contributed by atoms with Crippen LogP contribution in [-0.2, 0) is 12.3 Å². The fraction of sp³-hybridized carbons (Fsp3) is 0.333. The molecule has 0 spiro atoms. The molecule has 2 rings (SSSR count). The fourth-order valence-corrected chi connectivity index (χ4v) is 2.69. The van der Waals surface area contributed by atoms with Crippen LogP contribution in [0.4, 0.5) is 0 Å². The molecule has 3 nitrogen and oxygen atoms in total. The SMILES string of the molecule is CCCn1c(CSc2ccccc2)n[nH]c1=S. The average molecular weight is 265 g/mol. The maximum absolute atomic E-state index is 5.20. The number of hydrogen-bond donors (Lipinski definition) is 1. The quantitative estimate of drug-likeness (QED) is 0.662. The minimum absolute atomic E-state index is 0.718. The molecule has 0 aliphatic carbocycles. The molecule has 0 saturated heterocycles. The Labute approximate surface area is 110 Å². The van der Waals surface area contributed by atoms with Gasteiger partial charge in [-0.25, -0.2) is 0 Å². The van der Waals surface area contributed by atoms with Gasteiger partial charge in [0.25, 0.3) is 0 Å². The lowest BCUT2D eigenvalue weighted by atomic mass is 10.4. The van der Waals surface area contributed by atoms with Gasteiger partial charge >= 0.3 is 0 Å². The summed E-state index contributed by atoms with van der Waals surface area (Å²) in [5, 5.41) is 7.14. The Balaban J connectivity index is 2.07. The van der Waals surface area contributed by atoms with Crippen LogP contribution in [0.15, 0.2) is 35.2 Å². The van der Waals surface area contributed by atoms with Gasteiger partial charge in [-0.05, 0) is 30.8 Å². The number of nitrogens with zero attached hydrogens (tertiary/aromatic N) is 2. The second kappa shape index (κ2) is 6.02. The van der Waals surface area contributed by atoms with E-state index in [9.17, 15) is 0 Å². The average Bonchev–Trinajstić information content (AvgIpc) is 2.70. The molecule has 0 atom stereocenters. The lowest BCUT2D eigenvalue weighted by molar-refractivity contribution is 0.647. The highest BCUT2D eigenvalue weighted by molar-refractivity contribution is 7.98. The van der Waals surface area contributed by atoms with Crippen molar-refractivity contribution in [2.45, 2.75) is 30.5 Å². The molecule has 0 unspecified atom stereocenters. The minimum atomic E-state index is 0.718. The number of aromatic nitrogens is 3. The number of rotatable bonds is 5. The van der Waals surface area contributed by atoms with Crippen molar-refractivity contribution in [3.8, 4) is 0 Å². The first-order chi connectivity index (χ1) is 8.31. The molecular weight excluding hydrogens is 250 g/mol. The third kappa shape index (κ3) is 3.20. The van der Waals surface area contributed by atoms with Crippen molar-refractivity contribution in [2.24, 2.45) is 0 Å². The van der Waals surface area contributed by atoms with Crippen LogP contribution in [0.3, 0.4) is 0 Å². The van der Waals surface area contributed by atoms with E-state index in [1.54, 1.807) is 11.8 Å². The second-order valence-corrected chi connectivity index (χ2v) is 5.13. The van der Waals surface area contributed by atoms with E-state index in [4.69, 9.17) is 12.2 Å². The number of aromatic amines is 1. The summed E-state index contributed by atoms with van der Waals surface area (Å²) in [7, 11) is 0. The number of H-pyrrole nitrogens is 1. The maximum Gasteiger partial charge on any atom is 0.195 e. The molecule has 0 radical (unpaired) electrons.